The van der Waals surface area contributed by atoms with E-state index in [2.05, 4.69) is 13.0 Å². The van der Waals surface area contributed by atoms with Gasteiger partial charge in [-0.05, 0) is 49.2 Å². The summed E-state index contributed by atoms with van der Waals surface area (Å²) in [5, 5.41) is 1.08. The van der Waals surface area contributed by atoms with Gasteiger partial charge in [0.25, 0.3) is 5.56 Å². The van der Waals surface area contributed by atoms with Crippen LogP contribution in [0.4, 0.5) is 5.69 Å². The quantitative estimate of drug-likeness (QED) is 0.357. The van der Waals surface area contributed by atoms with Crippen molar-refractivity contribution in [2.24, 2.45) is 0 Å². The minimum absolute atomic E-state index is 0.0180. The zero-order valence-electron chi connectivity index (χ0n) is 17.1. The number of carbonyl (C=O) groups excluding carboxylic acids is 1. The second-order valence-electron chi connectivity index (χ2n) is 7.62. The van der Waals surface area contributed by atoms with Crippen molar-refractivity contribution in [1.29, 1.82) is 0 Å². The molecule has 5 nitrogen and oxygen atoms in total. The maximum atomic E-state index is 13.3. The predicted octanol–water partition coefficient (Wildman–Crippen LogP) is 4.46. The van der Waals surface area contributed by atoms with Crippen molar-refractivity contribution >= 4 is 34.3 Å². The highest BCUT2D eigenvalue weighted by Crippen LogP contribution is 2.33. The van der Waals surface area contributed by atoms with Crippen LogP contribution in [0.3, 0.4) is 0 Å². The van der Waals surface area contributed by atoms with Crippen LogP contribution in [-0.4, -0.2) is 27.3 Å². The van der Waals surface area contributed by atoms with Gasteiger partial charge in [0.15, 0.2) is 5.16 Å². The Morgan fingerprint density at radius 1 is 1.00 bits per heavy atom. The zero-order valence-corrected chi connectivity index (χ0v) is 17.9. The Bertz CT molecular complexity index is 1330. The Labute approximate surface area is 184 Å². The van der Waals surface area contributed by atoms with Crippen LogP contribution in [-0.2, 0) is 11.2 Å². The molecule has 1 atom stereocenters. The fraction of sp³-hybridized carbons (Fsp3) is 0.160. The average Bonchev–Trinajstić information content (AvgIpc) is 3.14. The fourth-order valence-corrected chi connectivity index (χ4v) is 5.03. The predicted molar refractivity (Wildman–Crippen MR) is 125 cm³/mol. The van der Waals surface area contributed by atoms with Crippen LogP contribution in [0, 0.1) is 0 Å². The summed E-state index contributed by atoms with van der Waals surface area (Å²) in [6.45, 7) is 2.07. The molecule has 31 heavy (non-hydrogen) atoms. The first-order valence-electron chi connectivity index (χ1n) is 10.2. The molecule has 0 N–H and O–H groups in total. The molecule has 2 heterocycles. The van der Waals surface area contributed by atoms with Crippen molar-refractivity contribution < 1.29 is 4.79 Å². The van der Waals surface area contributed by atoms with E-state index in [1.54, 1.807) is 10.6 Å². The average molecular weight is 428 g/mol. The summed E-state index contributed by atoms with van der Waals surface area (Å²) in [6.07, 6.45) is 0.857. The summed E-state index contributed by atoms with van der Waals surface area (Å²) < 4.78 is 1.60. The number of hydrogen-bond donors (Lipinski definition) is 0. The Kier molecular flexibility index (Phi) is 5.08. The molecule has 1 unspecified atom stereocenters. The van der Waals surface area contributed by atoms with Gasteiger partial charge in [0.05, 0.1) is 22.3 Å². The molecule has 5 rings (SSSR count). The molecule has 0 fully saturated rings. The van der Waals surface area contributed by atoms with E-state index in [9.17, 15) is 9.59 Å². The van der Waals surface area contributed by atoms with Crippen LogP contribution in [0.2, 0.25) is 0 Å². The van der Waals surface area contributed by atoms with E-state index in [4.69, 9.17) is 4.98 Å². The highest BCUT2D eigenvalue weighted by Gasteiger charge is 2.30. The van der Waals surface area contributed by atoms with E-state index in [-0.39, 0.29) is 23.3 Å². The van der Waals surface area contributed by atoms with Crippen LogP contribution in [0.15, 0.2) is 88.8 Å². The van der Waals surface area contributed by atoms with Gasteiger partial charge in [-0.25, -0.2) is 4.98 Å². The summed E-state index contributed by atoms with van der Waals surface area (Å²) >= 11 is 1.30. The monoisotopic (exact) mass is 427 g/mol. The van der Waals surface area contributed by atoms with Crippen molar-refractivity contribution in [3.05, 3.63) is 94.8 Å². The third-order valence-corrected chi connectivity index (χ3v) is 6.48. The largest absolute Gasteiger partial charge is 0.308 e. The van der Waals surface area contributed by atoms with Crippen molar-refractivity contribution in [3.63, 3.8) is 0 Å². The lowest BCUT2D eigenvalue weighted by molar-refractivity contribution is -0.116. The first kappa shape index (κ1) is 19.6. The summed E-state index contributed by atoms with van der Waals surface area (Å²) in [5.41, 5.74) is 3.41. The number of rotatable bonds is 4. The molecule has 1 amide bonds. The number of nitrogens with zero attached hydrogens (tertiary/aromatic N) is 3. The van der Waals surface area contributed by atoms with Crippen molar-refractivity contribution in [3.8, 4) is 5.69 Å². The second kappa shape index (κ2) is 8.04. The molecule has 1 aliphatic heterocycles. The van der Waals surface area contributed by atoms with Crippen LogP contribution in [0.5, 0.6) is 0 Å². The van der Waals surface area contributed by atoms with Crippen molar-refractivity contribution in [2.75, 3.05) is 10.7 Å². The smallest absolute Gasteiger partial charge is 0.266 e. The molecule has 0 radical (unpaired) electrons. The molecule has 154 valence electrons. The topological polar surface area (TPSA) is 55.2 Å². The van der Waals surface area contributed by atoms with Crippen molar-refractivity contribution in [2.45, 2.75) is 24.5 Å². The minimum atomic E-state index is -0.133. The number of anilines is 1. The number of aromatic nitrogens is 2. The van der Waals surface area contributed by atoms with E-state index in [0.717, 1.165) is 17.8 Å². The SMILES string of the molecule is CC1Cc2ccccc2N1C(=O)CSc1nc2ccccc2c(=O)n1-c1ccccc1. The Balaban J connectivity index is 1.51. The van der Waals surface area contributed by atoms with E-state index < -0.39 is 0 Å². The molecule has 1 aromatic heterocycles. The van der Waals surface area contributed by atoms with Gasteiger partial charge in [-0.15, -0.1) is 0 Å². The number of hydrogen-bond acceptors (Lipinski definition) is 4. The van der Waals surface area contributed by atoms with Gasteiger partial charge in [-0.2, -0.15) is 0 Å². The Morgan fingerprint density at radius 2 is 1.71 bits per heavy atom. The van der Waals surface area contributed by atoms with E-state index in [1.807, 2.05) is 71.6 Å². The van der Waals surface area contributed by atoms with Crippen LogP contribution < -0.4 is 10.5 Å². The summed E-state index contributed by atoms with van der Waals surface area (Å²) in [5.74, 6) is 0.223. The first-order chi connectivity index (χ1) is 15.1. The van der Waals surface area contributed by atoms with Crippen molar-refractivity contribution in [1.82, 2.24) is 9.55 Å². The van der Waals surface area contributed by atoms with Gasteiger partial charge < -0.3 is 4.90 Å². The molecular weight excluding hydrogens is 406 g/mol. The third kappa shape index (κ3) is 3.53. The molecule has 0 bridgehead atoms. The van der Waals surface area contributed by atoms with Gasteiger partial charge in [0.1, 0.15) is 0 Å². The molecule has 0 saturated heterocycles. The number of amides is 1. The molecule has 4 aromatic rings. The van der Waals surface area contributed by atoms with E-state index >= 15 is 0 Å². The van der Waals surface area contributed by atoms with Crippen LogP contribution in [0.25, 0.3) is 16.6 Å². The normalized spacial score (nSPS) is 15.3. The summed E-state index contributed by atoms with van der Waals surface area (Å²) in [6, 6.07) is 24.9. The molecule has 1 aliphatic rings. The first-order valence-corrected chi connectivity index (χ1v) is 11.2. The van der Waals surface area contributed by atoms with E-state index in [1.165, 1.54) is 17.3 Å². The second-order valence-corrected chi connectivity index (χ2v) is 8.56. The highest BCUT2D eigenvalue weighted by molar-refractivity contribution is 7.99. The Hall–Kier alpha value is -3.38. The van der Waals surface area contributed by atoms with E-state index in [0.29, 0.717) is 16.1 Å². The van der Waals surface area contributed by atoms with Gasteiger partial charge in [-0.3, -0.25) is 14.2 Å². The molecule has 3 aromatic carbocycles. The Morgan fingerprint density at radius 3 is 2.55 bits per heavy atom. The number of para-hydroxylation sites is 3. The number of carbonyl (C=O) groups is 1. The fourth-order valence-electron chi connectivity index (χ4n) is 4.16. The summed E-state index contributed by atoms with van der Waals surface area (Å²) in [4.78, 5) is 33.1. The maximum Gasteiger partial charge on any atom is 0.266 e. The standard InChI is InChI=1S/C25H21N3O2S/c1-17-15-18-9-5-8-14-22(18)27(17)23(29)16-31-25-26-21-13-7-6-12-20(21)24(30)28(25)19-10-3-2-4-11-19/h2-14,17H,15-16H2,1H3. The molecule has 6 heteroatoms. The molecular formula is C25H21N3O2S. The van der Waals surface area contributed by atoms with Crippen LogP contribution >= 0.6 is 11.8 Å². The minimum Gasteiger partial charge on any atom is -0.308 e. The van der Waals surface area contributed by atoms with Gasteiger partial charge in [0, 0.05) is 11.7 Å². The molecule has 0 spiro atoms. The maximum absolute atomic E-state index is 13.3. The van der Waals surface area contributed by atoms with Gasteiger partial charge in [0.2, 0.25) is 5.91 Å². The molecule has 0 saturated carbocycles. The molecule has 0 aliphatic carbocycles. The van der Waals surface area contributed by atoms with Gasteiger partial charge >= 0.3 is 0 Å². The lowest BCUT2D eigenvalue weighted by atomic mass is 10.1. The third-order valence-electron chi connectivity index (χ3n) is 5.56. The summed E-state index contributed by atoms with van der Waals surface area (Å²) in [7, 11) is 0. The highest BCUT2D eigenvalue weighted by atomic mass is 32.2. The zero-order chi connectivity index (χ0) is 21.4. The lowest BCUT2D eigenvalue weighted by Crippen LogP contribution is -2.37. The number of fused-ring (bicyclic) bond motifs is 2. The van der Waals surface area contributed by atoms with Gasteiger partial charge in [-0.1, -0.05) is 60.3 Å². The lowest BCUT2D eigenvalue weighted by Gasteiger charge is -2.22. The van der Waals surface area contributed by atoms with Crippen LogP contribution in [0.1, 0.15) is 12.5 Å². The number of benzene rings is 3. The number of thioether (sulfide) groups is 1.